The van der Waals surface area contributed by atoms with Gasteiger partial charge in [-0.3, -0.25) is 0 Å². The largest absolute Gasteiger partial charge is 0.330 e. The van der Waals surface area contributed by atoms with E-state index in [9.17, 15) is 0 Å². The molecule has 1 saturated carbocycles. The summed E-state index contributed by atoms with van der Waals surface area (Å²) in [5.74, 6) is 2.54. The lowest BCUT2D eigenvalue weighted by Gasteiger charge is -2.25. The number of rotatable bonds is 2. The van der Waals surface area contributed by atoms with Gasteiger partial charge >= 0.3 is 0 Å². The Hall–Kier alpha value is -0.820. The van der Waals surface area contributed by atoms with Gasteiger partial charge in [0.1, 0.15) is 0 Å². The first kappa shape index (κ1) is 9.41. The molecule has 0 amide bonds. The third-order valence-electron chi connectivity index (χ3n) is 4.21. The van der Waals surface area contributed by atoms with Gasteiger partial charge in [0.15, 0.2) is 0 Å². The van der Waals surface area contributed by atoms with Crippen molar-refractivity contribution in [3.8, 4) is 0 Å². The number of fused-ring (bicyclic) bond motifs is 1. The first-order valence-corrected chi connectivity index (χ1v) is 6.18. The third-order valence-corrected chi connectivity index (χ3v) is 4.21. The summed E-state index contributed by atoms with van der Waals surface area (Å²) < 4.78 is 0. The normalized spacial score (nSPS) is 33.5. The average Bonchev–Trinajstić information content (AvgIpc) is 3.07. The van der Waals surface area contributed by atoms with Crippen molar-refractivity contribution in [1.82, 2.24) is 0 Å². The van der Waals surface area contributed by atoms with E-state index in [-0.39, 0.29) is 0 Å². The topological polar surface area (TPSA) is 26.0 Å². The Morgan fingerprint density at radius 3 is 2.93 bits per heavy atom. The summed E-state index contributed by atoms with van der Waals surface area (Å²) in [6, 6.07) is 9.01. The molecular formula is C14H19N. The minimum atomic E-state index is 0.821. The first-order valence-electron chi connectivity index (χ1n) is 6.18. The molecule has 1 fully saturated rings. The summed E-state index contributed by atoms with van der Waals surface area (Å²) in [4.78, 5) is 0. The van der Waals surface area contributed by atoms with E-state index >= 15 is 0 Å². The Kier molecular flexibility index (Phi) is 2.28. The highest BCUT2D eigenvalue weighted by atomic mass is 14.6. The van der Waals surface area contributed by atoms with E-state index < -0.39 is 0 Å². The fourth-order valence-electron chi connectivity index (χ4n) is 3.27. The molecule has 0 aromatic heterocycles. The van der Waals surface area contributed by atoms with E-state index in [1.807, 2.05) is 0 Å². The van der Waals surface area contributed by atoms with Gasteiger partial charge in [0, 0.05) is 0 Å². The molecule has 0 spiro atoms. The van der Waals surface area contributed by atoms with Gasteiger partial charge in [-0.25, -0.2) is 0 Å². The molecule has 3 atom stereocenters. The van der Waals surface area contributed by atoms with Crippen LogP contribution in [-0.4, -0.2) is 6.54 Å². The second kappa shape index (κ2) is 3.64. The van der Waals surface area contributed by atoms with Gasteiger partial charge in [-0.2, -0.15) is 0 Å². The zero-order valence-electron chi connectivity index (χ0n) is 9.15. The average molecular weight is 201 g/mol. The SMILES string of the molecule is NC[C@@H]1C[C@H]1C1CCCc2ccccc21. The Labute approximate surface area is 91.7 Å². The van der Waals surface area contributed by atoms with Crippen LogP contribution in [0.3, 0.4) is 0 Å². The molecule has 0 radical (unpaired) electrons. The van der Waals surface area contributed by atoms with Crippen molar-refractivity contribution in [3.05, 3.63) is 35.4 Å². The highest BCUT2D eigenvalue weighted by Gasteiger charge is 2.43. The van der Waals surface area contributed by atoms with E-state index in [1.54, 1.807) is 11.1 Å². The Balaban J connectivity index is 1.87. The van der Waals surface area contributed by atoms with Crippen molar-refractivity contribution >= 4 is 0 Å². The zero-order valence-corrected chi connectivity index (χ0v) is 9.15. The standard InChI is InChI=1S/C14H19N/c15-9-11-8-14(11)13-7-3-5-10-4-1-2-6-12(10)13/h1-2,4,6,11,13-14H,3,5,7-9,15H2/t11-,13?,14+/m0/s1. The number of nitrogens with two attached hydrogens (primary N) is 1. The lowest BCUT2D eigenvalue weighted by Crippen LogP contribution is -2.14. The monoisotopic (exact) mass is 201 g/mol. The number of hydrogen-bond donors (Lipinski definition) is 1. The summed E-state index contributed by atoms with van der Waals surface area (Å²) in [6.07, 6.45) is 5.41. The molecule has 1 unspecified atom stereocenters. The van der Waals surface area contributed by atoms with Crippen molar-refractivity contribution in [1.29, 1.82) is 0 Å². The van der Waals surface area contributed by atoms with Crippen LogP contribution in [0.1, 0.15) is 36.3 Å². The van der Waals surface area contributed by atoms with Gasteiger partial charge in [-0.1, -0.05) is 24.3 Å². The molecule has 2 aliphatic carbocycles. The van der Waals surface area contributed by atoms with Crippen molar-refractivity contribution in [2.24, 2.45) is 17.6 Å². The maximum Gasteiger partial charge on any atom is -0.00459 e. The van der Waals surface area contributed by atoms with Gasteiger partial charge in [-0.15, -0.1) is 0 Å². The first-order chi connectivity index (χ1) is 7.40. The molecule has 1 heteroatoms. The number of hydrogen-bond acceptors (Lipinski definition) is 1. The third kappa shape index (κ3) is 1.59. The summed E-state index contributed by atoms with van der Waals surface area (Å²) in [5.41, 5.74) is 8.97. The van der Waals surface area contributed by atoms with E-state index in [4.69, 9.17) is 5.73 Å². The summed E-state index contributed by atoms with van der Waals surface area (Å²) >= 11 is 0. The summed E-state index contributed by atoms with van der Waals surface area (Å²) in [5, 5.41) is 0. The molecule has 15 heavy (non-hydrogen) atoms. The highest BCUT2D eigenvalue weighted by molar-refractivity contribution is 5.34. The maximum absolute atomic E-state index is 5.75. The van der Waals surface area contributed by atoms with Gasteiger partial charge in [-0.05, 0) is 61.1 Å². The van der Waals surface area contributed by atoms with Crippen LogP contribution in [-0.2, 0) is 6.42 Å². The fraction of sp³-hybridized carbons (Fsp3) is 0.571. The van der Waals surface area contributed by atoms with Crippen LogP contribution in [0.25, 0.3) is 0 Å². The van der Waals surface area contributed by atoms with Crippen molar-refractivity contribution in [3.63, 3.8) is 0 Å². The van der Waals surface area contributed by atoms with Crippen LogP contribution in [0.2, 0.25) is 0 Å². The number of benzene rings is 1. The van der Waals surface area contributed by atoms with E-state index in [0.29, 0.717) is 0 Å². The molecule has 3 rings (SSSR count). The van der Waals surface area contributed by atoms with E-state index in [1.165, 1.54) is 25.7 Å². The molecule has 80 valence electrons. The van der Waals surface area contributed by atoms with Gasteiger partial charge in [0.05, 0.1) is 0 Å². The molecule has 1 aromatic rings. The Morgan fingerprint density at radius 1 is 1.27 bits per heavy atom. The van der Waals surface area contributed by atoms with Gasteiger partial charge < -0.3 is 5.73 Å². The minimum absolute atomic E-state index is 0.821. The molecule has 1 nitrogen and oxygen atoms in total. The second-order valence-corrected chi connectivity index (χ2v) is 5.09. The van der Waals surface area contributed by atoms with Crippen LogP contribution in [0, 0.1) is 11.8 Å². The van der Waals surface area contributed by atoms with Crippen molar-refractivity contribution in [2.75, 3.05) is 6.54 Å². The fourth-order valence-corrected chi connectivity index (χ4v) is 3.27. The van der Waals surface area contributed by atoms with Crippen LogP contribution in [0.4, 0.5) is 0 Å². The maximum atomic E-state index is 5.75. The lowest BCUT2D eigenvalue weighted by atomic mass is 9.79. The smallest absolute Gasteiger partial charge is 0.00459 e. The summed E-state index contributed by atoms with van der Waals surface area (Å²) in [7, 11) is 0. The lowest BCUT2D eigenvalue weighted by molar-refractivity contribution is 0.479. The molecule has 0 saturated heterocycles. The molecule has 0 bridgehead atoms. The van der Waals surface area contributed by atoms with Gasteiger partial charge in [0.25, 0.3) is 0 Å². The molecule has 0 heterocycles. The molecule has 1 aromatic carbocycles. The van der Waals surface area contributed by atoms with Crippen LogP contribution >= 0.6 is 0 Å². The Bertz CT molecular complexity index is 358. The predicted octanol–water partition coefficient (Wildman–Crippen LogP) is 2.70. The second-order valence-electron chi connectivity index (χ2n) is 5.09. The minimum Gasteiger partial charge on any atom is -0.330 e. The van der Waals surface area contributed by atoms with E-state index in [2.05, 4.69) is 24.3 Å². The highest BCUT2D eigenvalue weighted by Crippen LogP contribution is 2.52. The van der Waals surface area contributed by atoms with Gasteiger partial charge in [0.2, 0.25) is 0 Å². The Morgan fingerprint density at radius 2 is 2.13 bits per heavy atom. The van der Waals surface area contributed by atoms with Crippen molar-refractivity contribution < 1.29 is 0 Å². The van der Waals surface area contributed by atoms with Crippen LogP contribution < -0.4 is 5.73 Å². The van der Waals surface area contributed by atoms with Crippen LogP contribution in [0.5, 0.6) is 0 Å². The molecule has 0 aliphatic heterocycles. The predicted molar refractivity (Wildman–Crippen MR) is 62.8 cm³/mol. The van der Waals surface area contributed by atoms with E-state index in [0.717, 1.165) is 24.3 Å². The summed E-state index contributed by atoms with van der Waals surface area (Å²) in [6.45, 7) is 0.892. The van der Waals surface area contributed by atoms with Crippen LogP contribution in [0.15, 0.2) is 24.3 Å². The quantitative estimate of drug-likeness (QED) is 0.782. The molecule has 2 N–H and O–H groups in total. The molecular weight excluding hydrogens is 182 g/mol. The van der Waals surface area contributed by atoms with Crippen molar-refractivity contribution in [2.45, 2.75) is 31.6 Å². The molecule has 2 aliphatic rings. The number of aryl methyl sites for hydroxylation is 1. The zero-order chi connectivity index (χ0) is 10.3.